The van der Waals surface area contributed by atoms with Crippen LogP contribution in [0, 0.1) is 17.3 Å². The number of allylic oxidation sites excluding steroid dienone is 2. The molecule has 4 rings (SSSR count). The van der Waals surface area contributed by atoms with Gasteiger partial charge in [0.2, 0.25) is 0 Å². The van der Waals surface area contributed by atoms with Gasteiger partial charge in [-0.2, -0.15) is 0 Å². The second-order valence-electron chi connectivity index (χ2n) is 8.56. The van der Waals surface area contributed by atoms with E-state index in [1.54, 1.807) is 7.11 Å². The summed E-state index contributed by atoms with van der Waals surface area (Å²) in [6.45, 7) is 5.15. The molecule has 28 heavy (non-hydrogen) atoms. The minimum atomic E-state index is -0.307. The SMILES string of the molecule is COc1cc2c(c(OC(C)=O)c1)[C@H]1CC[C@]3(C)C(OC(C)=O)=CC[C@H]3[C@@H]1CC2. The third-order valence-electron chi connectivity index (χ3n) is 7.01. The van der Waals surface area contributed by atoms with E-state index in [0.29, 0.717) is 23.5 Å². The van der Waals surface area contributed by atoms with Crippen molar-refractivity contribution in [3.05, 3.63) is 35.1 Å². The summed E-state index contributed by atoms with van der Waals surface area (Å²) < 4.78 is 16.6. The van der Waals surface area contributed by atoms with Crippen molar-refractivity contribution in [3.8, 4) is 11.5 Å². The Morgan fingerprint density at radius 3 is 2.54 bits per heavy atom. The van der Waals surface area contributed by atoms with Gasteiger partial charge in [-0.3, -0.25) is 9.59 Å². The summed E-state index contributed by atoms with van der Waals surface area (Å²) >= 11 is 0. The van der Waals surface area contributed by atoms with Crippen LogP contribution in [0.1, 0.15) is 63.5 Å². The molecule has 1 fully saturated rings. The average Bonchev–Trinajstić information content (AvgIpc) is 2.96. The molecule has 0 N–H and O–H groups in total. The first kappa shape index (κ1) is 19.0. The van der Waals surface area contributed by atoms with Crippen molar-refractivity contribution in [2.24, 2.45) is 17.3 Å². The number of benzene rings is 1. The Labute approximate surface area is 166 Å². The molecule has 5 nitrogen and oxygen atoms in total. The fourth-order valence-corrected chi connectivity index (χ4v) is 5.85. The normalized spacial score (nSPS) is 30.4. The highest BCUT2D eigenvalue weighted by Gasteiger charge is 2.53. The van der Waals surface area contributed by atoms with Crippen LogP contribution < -0.4 is 9.47 Å². The summed E-state index contributed by atoms with van der Waals surface area (Å²) in [5.74, 6) is 2.96. The Bertz CT molecular complexity index is 855. The molecule has 150 valence electrons. The number of ether oxygens (including phenoxy) is 3. The Morgan fingerprint density at radius 1 is 1.11 bits per heavy atom. The zero-order valence-corrected chi connectivity index (χ0v) is 17.0. The van der Waals surface area contributed by atoms with Crippen molar-refractivity contribution in [3.63, 3.8) is 0 Å². The van der Waals surface area contributed by atoms with Crippen molar-refractivity contribution >= 4 is 11.9 Å². The number of esters is 2. The molecule has 0 radical (unpaired) electrons. The number of hydrogen-bond donors (Lipinski definition) is 0. The van der Waals surface area contributed by atoms with E-state index in [9.17, 15) is 9.59 Å². The maximum absolute atomic E-state index is 11.7. The molecule has 0 heterocycles. The second kappa shape index (κ2) is 6.94. The van der Waals surface area contributed by atoms with Gasteiger partial charge in [-0.15, -0.1) is 0 Å². The molecule has 1 aromatic rings. The zero-order valence-electron chi connectivity index (χ0n) is 17.0. The predicted molar refractivity (Wildman–Crippen MR) is 104 cm³/mol. The molecule has 0 bridgehead atoms. The van der Waals surface area contributed by atoms with Gasteiger partial charge in [-0.1, -0.05) is 6.92 Å². The Kier molecular flexibility index (Phi) is 4.72. The monoisotopic (exact) mass is 384 g/mol. The number of hydrogen-bond acceptors (Lipinski definition) is 5. The van der Waals surface area contributed by atoms with Gasteiger partial charge in [-0.25, -0.2) is 0 Å². The minimum Gasteiger partial charge on any atom is -0.497 e. The highest BCUT2D eigenvalue weighted by atomic mass is 16.5. The fourth-order valence-electron chi connectivity index (χ4n) is 5.85. The molecule has 0 aromatic heterocycles. The summed E-state index contributed by atoms with van der Waals surface area (Å²) in [5, 5.41) is 0. The van der Waals surface area contributed by atoms with Crippen molar-refractivity contribution in [2.45, 2.75) is 58.8 Å². The van der Waals surface area contributed by atoms with Crippen LogP contribution in [0.2, 0.25) is 0 Å². The third kappa shape index (κ3) is 3.01. The van der Waals surface area contributed by atoms with Crippen LogP contribution in [-0.4, -0.2) is 19.0 Å². The number of aryl methyl sites for hydroxylation is 1. The molecule has 4 atom stereocenters. The van der Waals surface area contributed by atoms with E-state index in [1.165, 1.54) is 25.0 Å². The minimum absolute atomic E-state index is 0.0849. The molecule has 1 aromatic carbocycles. The molecule has 0 aliphatic heterocycles. The van der Waals surface area contributed by atoms with Crippen molar-refractivity contribution in [1.82, 2.24) is 0 Å². The number of carbonyl (C=O) groups excluding carboxylic acids is 2. The molecular weight excluding hydrogens is 356 g/mol. The summed E-state index contributed by atoms with van der Waals surface area (Å²) in [7, 11) is 1.64. The van der Waals surface area contributed by atoms with Crippen molar-refractivity contribution in [1.29, 1.82) is 0 Å². The highest BCUT2D eigenvalue weighted by molar-refractivity contribution is 5.71. The molecule has 0 spiro atoms. The van der Waals surface area contributed by atoms with Crippen LogP contribution in [0.15, 0.2) is 24.0 Å². The second-order valence-corrected chi connectivity index (χ2v) is 8.56. The Morgan fingerprint density at radius 2 is 1.86 bits per heavy atom. The van der Waals surface area contributed by atoms with Gasteiger partial charge in [-0.05, 0) is 67.6 Å². The van der Waals surface area contributed by atoms with E-state index >= 15 is 0 Å². The smallest absolute Gasteiger partial charge is 0.308 e. The lowest BCUT2D eigenvalue weighted by Gasteiger charge is -2.49. The first-order chi connectivity index (χ1) is 13.3. The standard InChI is InChI=1S/C23H28O5/c1-13(24)27-20-12-16(26-4)11-15-5-6-17-18(22(15)20)9-10-23(3)19(17)7-8-21(23)28-14(2)25/h8,11-12,17-19H,5-7,9-10H2,1-4H3/t17-,18+,19+,23+/m1/s1. The van der Waals surface area contributed by atoms with E-state index in [1.807, 2.05) is 6.07 Å². The lowest BCUT2D eigenvalue weighted by atomic mass is 9.55. The van der Waals surface area contributed by atoms with Crippen LogP contribution in [0.3, 0.4) is 0 Å². The first-order valence-electron chi connectivity index (χ1n) is 10.1. The lowest BCUT2D eigenvalue weighted by molar-refractivity contribution is -0.139. The van der Waals surface area contributed by atoms with Gasteiger partial charge >= 0.3 is 11.9 Å². The van der Waals surface area contributed by atoms with Gasteiger partial charge in [0.1, 0.15) is 17.3 Å². The quantitative estimate of drug-likeness (QED) is 0.566. The van der Waals surface area contributed by atoms with E-state index in [2.05, 4.69) is 19.1 Å². The average molecular weight is 384 g/mol. The fraction of sp³-hybridized carbons (Fsp3) is 0.565. The summed E-state index contributed by atoms with van der Waals surface area (Å²) in [6, 6.07) is 3.93. The van der Waals surface area contributed by atoms with Crippen LogP contribution in [0.25, 0.3) is 0 Å². The van der Waals surface area contributed by atoms with Gasteiger partial charge < -0.3 is 14.2 Å². The van der Waals surface area contributed by atoms with E-state index in [0.717, 1.165) is 43.6 Å². The molecular formula is C23H28O5. The van der Waals surface area contributed by atoms with Gasteiger partial charge in [0.05, 0.1) is 7.11 Å². The van der Waals surface area contributed by atoms with Gasteiger partial charge in [0.15, 0.2) is 0 Å². The van der Waals surface area contributed by atoms with Crippen LogP contribution in [-0.2, 0) is 20.7 Å². The maximum atomic E-state index is 11.7. The molecule has 3 aliphatic carbocycles. The molecule has 1 saturated carbocycles. The first-order valence-corrected chi connectivity index (χ1v) is 10.1. The lowest BCUT2D eigenvalue weighted by Crippen LogP contribution is -2.41. The summed E-state index contributed by atoms with van der Waals surface area (Å²) in [6.07, 6.45) is 7.04. The van der Waals surface area contributed by atoms with E-state index in [-0.39, 0.29) is 17.4 Å². The number of rotatable bonds is 3. The molecule has 0 unspecified atom stereocenters. The zero-order chi connectivity index (χ0) is 20.1. The molecule has 0 amide bonds. The largest absolute Gasteiger partial charge is 0.497 e. The van der Waals surface area contributed by atoms with Crippen molar-refractivity contribution in [2.75, 3.05) is 7.11 Å². The number of fused-ring (bicyclic) bond motifs is 5. The third-order valence-corrected chi connectivity index (χ3v) is 7.01. The van der Waals surface area contributed by atoms with Gasteiger partial charge in [0, 0.05) is 30.9 Å². The Balaban J connectivity index is 1.70. The molecule has 5 heteroatoms. The summed E-state index contributed by atoms with van der Waals surface area (Å²) in [5.41, 5.74) is 2.32. The van der Waals surface area contributed by atoms with Crippen LogP contribution in [0.4, 0.5) is 0 Å². The predicted octanol–water partition coefficient (Wildman–Crippen LogP) is 4.53. The molecule has 3 aliphatic rings. The van der Waals surface area contributed by atoms with E-state index in [4.69, 9.17) is 14.2 Å². The van der Waals surface area contributed by atoms with E-state index < -0.39 is 0 Å². The van der Waals surface area contributed by atoms with Crippen molar-refractivity contribution < 1.29 is 23.8 Å². The topological polar surface area (TPSA) is 61.8 Å². The maximum Gasteiger partial charge on any atom is 0.308 e. The number of methoxy groups -OCH3 is 1. The van der Waals surface area contributed by atoms with Crippen LogP contribution >= 0.6 is 0 Å². The van der Waals surface area contributed by atoms with Gasteiger partial charge in [0.25, 0.3) is 0 Å². The number of carbonyl (C=O) groups is 2. The highest BCUT2D eigenvalue weighted by Crippen LogP contribution is 2.62. The molecule has 0 saturated heterocycles. The Hall–Kier alpha value is -2.30. The van der Waals surface area contributed by atoms with Crippen LogP contribution in [0.5, 0.6) is 11.5 Å². The summed E-state index contributed by atoms with van der Waals surface area (Å²) in [4.78, 5) is 23.3.